The summed E-state index contributed by atoms with van der Waals surface area (Å²) >= 11 is 1.95. The Bertz CT molecular complexity index is 197. The van der Waals surface area contributed by atoms with Crippen molar-refractivity contribution in [2.24, 2.45) is 5.73 Å². The second kappa shape index (κ2) is 14.3. The molecule has 0 atom stereocenters. The van der Waals surface area contributed by atoms with Crippen molar-refractivity contribution < 1.29 is 13.3 Å². The molecular weight excluding hydrogens is 292 g/mol. The molecule has 0 fully saturated rings. The lowest BCUT2D eigenvalue weighted by molar-refractivity contribution is 0.0712. The van der Waals surface area contributed by atoms with Crippen molar-refractivity contribution >= 4 is 20.6 Å². The van der Waals surface area contributed by atoms with Gasteiger partial charge in [-0.1, -0.05) is 0 Å². The van der Waals surface area contributed by atoms with Crippen molar-refractivity contribution in [3.8, 4) is 0 Å². The van der Waals surface area contributed by atoms with Gasteiger partial charge in [-0.25, -0.2) is 0 Å². The Morgan fingerprint density at radius 1 is 0.950 bits per heavy atom. The molecule has 0 unspecified atom stereocenters. The van der Waals surface area contributed by atoms with Gasteiger partial charge in [0.2, 0.25) is 0 Å². The zero-order chi connectivity index (χ0) is 15.1. The average Bonchev–Trinajstić information content (AvgIpc) is 2.43. The minimum absolute atomic E-state index is 0.655. The fourth-order valence-corrected chi connectivity index (χ4v) is 5.58. The molecule has 0 saturated carbocycles. The molecule has 0 bridgehead atoms. The van der Waals surface area contributed by atoms with Gasteiger partial charge in [0, 0.05) is 51.3 Å². The summed E-state index contributed by atoms with van der Waals surface area (Å²) in [6, 6.07) is 0.908. The van der Waals surface area contributed by atoms with Gasteiger partial charge in [-0.2, -0.15) is 11.8 Å². The number of thioether (sulfide) groups is 1. The van der Waals surface area contributed by atoms with Crippen molar-refractivity contribution in [2.75, 3.05) is 51.0 Å². The molecule has 0 aliphatic heterocycles. The molecule has 3 N–H and O–H groups in total. The second-order valence-electron chi connectivity index (χ2n) is 4.24. The third kappa shape index (κ3) is 10.1. The van der Waals surface area contributed by atoms with Crippen LogP contribution in [0, 0.1) is 0 Å². The molecule has 0 aromatic carbocycles. The zero-order valence-corrected chi connectivity index (χ0v) is 15.1. The Labute approximate surface area is 129 Å². The molecule has 0 radical (unpaired) electrons. The minimum atomic E-state index is -2.42. The summed E-state index contributed by atoms with van der Waals surface area (Å²) in [6.07, 6.45) is 1.08. The fourth-order valence-electron chi connectivity index (χ4n) is 1.87. The summed E-state index contributed by atoms with van der Waals surface area (Å²) in [7, 11) is -2.42. The monoisotopic (exact) mass is 324 g/mol. The quantitative estimate of drug-likeness (QED) is 0.353. The molecule has 0 aromatic rings. The van der Waals surface area contributed by atoms with E-state index in [1.54, 1.807) is 0 Å². The van der Waals surface area contributed by atoms with Crippen LogP contribution < -0.4 is 11.1 Å². The third-order valence-corrected chi connectivity index (χ3v) is 6.83. The highest BCUT2D eigenvalue weighted by Gasteiger charge is 2.39. The molecule has 0 amide bonds. The van der Waals surface area contributed by atoms with E-state index in [0.717, 1.165) is 37.1 Å². The van der Waals surface area contributed by atoms with Gasteiger partial charge in [-0.15, -0.1) is 0 Å². The number of hydrogen-bond acceptors (Lipinski definition) is 6. The average molecular weight is 325 g/mol. The molecule has 0 heterocycles. The maximum absolute atomic E-state index is 5.83. The van der Waals surface area contributed by atoms with Crippen LogP contribution in [0.15, 0.2) is 0 Å². The Balaban J connectivity index is 3.82. The van der Waals surface area contributed by atoms with E-state index in [1.165, 1.54) is 0 Å². The maximum atomic E-state index is 5.83. The Hall–Kier alpha value is 0.367. The number of hydrogen-bond donors (Lipinski definition) is 2. The van der Waals surface area contributed by atoms with E-state index in [2.05, 4.69) is 5.32 Å². The lowest BCUT2D eigenvalue weighted by Gasteiger charge is -2.28. The molecule has 0 spiro atoms. The highest BCUT2D eigenvalue weighted by atomic mass is 32.2. The SMILES string of the molecule is CCO[Si](CCCSCCNCCN)(OCC)OCC. The van der Waals surface area contributed by atoms with Crippen LogP contribution in [0.25, 0.3) is 0 Å². The van der Waals surface area contributed by atoms with Crippen LogP contribution in [-0.2, 0) is 13.3 Å². The fraction of sp³-hybridized carbons (Fsp3) is 1.00. The van der Waals surface area contributed by atoms with Gasteiger partial charge in [-0.05, 0) is 32.9 Å². The van der Waals surface area contributed by atoms with Gasteiger partial charge < -0.3 is 24.3 Å². The summed E-state index contributed by atoms with van der Waals surface area (Å²) in [5.74, 6) is 2.23. The molecule has 0 rings (SSSR count). The molecule has 0 aliphatic carbocycles. The predicted octanol–water partition coefficient (Wildman–Crippen LogP) is 1.71. The topological polar surface area (TPSA) is 65.7 Å². The molecule has 5 nitrogen and oxygen atoms in total. The number of rotatable bonds is 15. The van der Waals surface area contributed by atoms with Crippen LogP contribution in [0.3, 0.4) is 0 Å². The highest BCUT2D eigenvalue weighted by molar-refractivity contribution is 7.99. The standard InChI is InChI=1S/C13H32N2O3SSi/c1-4-16-20(17-5-2,18-6-3)13-7-11-19-12-10-15-9-8-14/h15H,4-14H2,1-3H3. The Morgan fingerprint density at radius 3 is 2.05 bits per heavy atom. The normalized spacial score (nSPS) is 12.0. The first-order chi connectivity index (χ1) is 9.74. The summed E-state index contributed by atoms with van der Waals surface area (Å²) in [4.78, 5) is 0. The van der Waals surface area contributed by atoms with E-state index in [-0.39, 0.29) is 0 Å². The van der Waals surface area contributed by atoms with Crippen LogP contribution in [0.5, 0.6) is 0 Å². The van der Waals surface area contributed by atoms with Crippen molar-refractivity contribution in [1.29, 1.82) is 0 Å². The van der Waals surface area contributed by atoms with Crippen molar-refractivity contribution in [2.45, 2.75) is 33.2 Å². The summed E-state index contributed by atoms with van der Waals surface area (Å²) in [5.41, 5.74) is 5.42. The van der Waals surface area contributed by atoms with Crippen molar-refractivity contribution in [3.05, 3.63) is 0 Å². The minimum Gasteiger partial charge on any atom is -0.374 e. The first-order valence-corrected chi connectivity index (χ1v) is 10.7. The largest absolute Gasteiger partial charge is 0.500 e. The van der Waals surface area contributed by atoms with Crippen molar-refractivity contribution in [1.82, 2.24) is 5.32 Å². The van der Waals surface area contributed by atoms with E-state index in [0.29, 0.717) is 26.4 Å². The molecule has 0 aromatic heterocycles. The van der Waals surface area contributed by atoms with Gasteiger partial charge in [0.05, 0.1) is 0 Å². The number of nitrogens with one attached hydrogen (secondary N) is 1. The smallest absolute Gasteiger partial charge is 0.374 e. The van der Waals surface area contributed by atoms with E-state index in [4.69, 9.17) is 19.0 Å². The van der Waals surface area contributed by atoms with Crippen LogP contribution in [-0.4, -0.2) is 59.8 Å². The van der Waals surface area contributed by atoms with E-state index in [9.17, 15) is 0 Å². The summed E-state index contributed by atoms with van der Waals surface area (Å²) in [6.45, 7) is 10.6. The van der Waals surface area contributed by atoms with Crippen LogP contribution >= 0.6 is 11.8 Å². The summed E-state index contributed by atoms with van der Waals surface area (Å²) in [5, 5.41) is 3.29. The van der Waals surface area contributed by atoms with Crippen molar-refractivity contribution in [3.63, 3.8) is 0 Å². The van der Waals surface area contributed by atoms with Crippen LogP contribution in [0.1, 0.15) is 27.2 Å². The first-order valence-electron chi connectivity index (χ1n) is 7.65. The summed E-state index contributed by atoms with van der Waals surface area (Å²) < 4.78 is 17.5. The molecule has 122 valence electrons. The van der Waals surface area contributed by atoms with Gasteiger partial charge in [0.1, 0.15) is 0 Å². The van der Waals surface area contributed by atoms with Gasteiger partial charge in [0.25, 0.3) is 0 Å². The maximum Gasteiger partial charge on any atom is 0.500 e. The highest BCUT2D eigenvalue weighted by Crippen LogP contribution is 2.19. The number of nitrogens with two attached hydrogens (primary N) is 1. The van der Waals surface area contributed by atoms with Crippen LogP contribution in [0.2, 0.25) is 6.04 Å². The lowest BCUT2D eigenvalue weighted by Crippen LogP contribution is -2.46. The molecular formula is C13H32N2O3SSi. The second-order valence-corrected chi connectivity index (χ2v) is 8.19. The Morgan fingerprint density at radius 2 is 1.55 bits per heavy atom. The Kier molecular flexibility index (Phi) is 14.6. The third-order valence-electron chi connectivity index (χ3n) is 2.61. The molecule has 0 aliphatic rings. The molecule has 0 saturated heterocycles. The van der Waals surface area contributed by atoms with Crippen LogP contribution in [0.4, 0.5) is 0 Å². The van der Waals surface area contributed by atoms with Gasteiger partial charge in [0.15, 0.2) is 0 Å². The molecule has 7 heteroatoms. The lowest BCUT2D eigenvalue weighted by atomic mass is 10.6. The predicted molar refractivity (Wildman–Crippen MR) is 89.3 cm³/mol. The molecule has 20 heavy (non-hydrogen) atoms. The van der Waals surface area contributed by atoms with E-state index >= 15 is 0 Å². The van der Waals surface area contributed by atoms with Gasteiger partial charge >= 0.3 is 8.80 Å². The van der Waals surface area contributed by atoms with E-state index < -0.39 is 8.80 Å². The van der Waals surface area contributed by atoms with E-state index in [1.807, 2.05) is 32.5 Å². The van der Waals surface area contributed by atoms with Gasteiger partial charge in [-0.3, -0.25) is 0 Å². The first kappa shape index (κ1) is 20.4. The zero-order valence-electron chi connectivity index (χ0n) is 13.3.